The largest absolute Gasteiger partial charge is 0.317 e. The maximum atomic E-state index is 5.17. The zero-order valence-electron chi connectivity index (χ0n) is 7.69. The van der Waals surface area contributed by atoms with E-state index in [1.165, 1.54) is 12.8 Å². The maximum Gasteiger partial charge on any atom is 0.00886 e. The second-order valence-corrected chi connectivity index (χ2v) is 2.99. The van der Waals surface area contributed by atoms with Crippen molar-refractivity contribution in [1.82, 2.24) is 5.32 Å². The van der Waals surface area contributed by atoms with Gasteiger partial charge in [-0.3, -0.25) is 0 Å². The normalized spacial score (nSPS) is 12.5. The summed E-state index contributed by atoms with van der Waals surface area (Å²) in [5.74, 6) is 3.44. The molecule has 64 valence electrons. The molecule has 0 spiro atoms. The van der Waals surface area contributed by atoms with Gasteiger partial charge in [0.15, 0.2) is 0 Å². The van der Waals surface area contributed by atoms with Crippen LogP contribution in [0.1, 0.15) is 33.1 Å². The van der Waals surface area contributed by atoms with Crippen molar-refractivity contribution in [3.05, 3.63) is 0 Å². The summed E-state index contributed by atoms with van der Waals surface area (Å²) in [6.45, 7) is 6.59. The minimum atomic E-state index is 0.769. The molecule has 0 aromatic rings. The average Bonchev–Trinajstić information content (AvgIpc) is 2.01. The summed E-state index contributed by atoms with van der Waals surface area (Å²) in [6.07, 6.45) is 8.50. The molecule has 0 saturated carbocycles. The Kier molecular flexibility index (Phi) is 7.29. The Hall–Kier alpha value is -0.480. The molecule has 1 atom stereocenters. The van der Waals surface area contributed by atoms with E-state index in [1.54, 1.807) is 0 Å². The lowest BCUT2D eigenvalue weighted by Crippen LogP contribution is -2.16. The summed E-state index contributed by atoms with van der Waals surface area (Å²) in [5, 5.41) is 3.30. The van der Waals surface area contributed by atoms with E-state index in [9.17, 15) is 0 Å². The lowest BCUT2D eigenvalue weighted by Gasteiger charge is -2.08. The van der Waals surface area contributed by atoms with E-state index < -0.39 is 0 Å². The van der Waals surface area contributed by atoms with Crippen molar-refractivity contribution in [2.45, 2.75) is 33.1 Å². The molecule has 0 fully saturated rings. The van der Waals surface area contributed by atoms with E-state index >= 15 is 0 Å². The first-order valence-electron chi connectivity index (χ1n) is 4.45. The molecular weight excluding hydrogens is 134 g/mol. The van der Waals surface area contributed by atoms with Gasteiger partial charge in [-0.1, -0.05) is 13.8 Å². The minimum absolute atomic E-state index is 0.769. The molecule has 0 rings (SSSR count). The quantitative estimate of drug-likeness (QED) is 0.455. The Bertz CT molecular complexity index is 113. The molecular formula is C10H19N. The SMILES string of the molecule is C#CCCC(C)CCNCC. The second kappa shape index (κ2) is 7.63. The fourth-order valence-corrected chi connectivity index (χ4v) is 0.999. The third kappa shape index (κ3) is 7.42. The number of hydrogen-bond donors (Lipinski definition) is 1. The summed E-state index contributed by atoms with van der Waals surface area (Å²) in [7, 11) is 0. The van der Waals surface area contributed by atoms with Gasteiger partial charge in [0.1, 0.15) is 0 Å². The standard InChI is InChI=1S/C10H19N/c1-4-6-7-10(3)8-9-11-5-2/h1,10-11H,5-9H2,2-3H3. The molecule has 0 bridgehead atoms. The topological polar surface area (TPSA) is 12.0 Å². The van der Waals surface area contributed by atoms with Crippen LogP contribution in [0.2, 0.25) is 0 Å². The smallest absolute Gasteiger partial charge is 0.00886 e. The summed E-state index contributed by atoms with van der Waals surface area (Å²) in [6, 6.07) is 0. The van der Waals surface area contributed by atoms with Crippen LogP contribution in [-0.2, 0) is 0 Å². The van der Waals surface area contributed by atoms with E-state index in [4.69, 9.17) is 6.42 Å². The number of terminal acetylenes is 1. The van der Waals surface area contributed by atoms with Gasteiger partial charge in [0, 0.05) is 6.42 Å². The summed E-state index contributed by atoms with van der Waals surface area (Å²) in [5.41, 5.74) is 0. The summed E-state index contributed by atoms with van der Waals surface area (Å²) < 4.78 is 0. The molecule has 0 heterocycles. The van der Waals surface area contributed by atoms with Gasteiger partial charge in [0.25, 0.3) is 0 Å². The predicted octanol–water partition coefficient (Wildman–Crippen LogP) is 2.04. The van der Waals surface area contributed by atoms with Crippen LogP contribution < -0.4 is 5.32 Å². The second-order valence-electron chi connectivity index (χ2n) is 2.99. The molecule has 0 aliphatic rings. The predicted molar refractivity (Wildman–Crippen MR) is 50.4 cm³/mol. The number of rotatable bonds is 6. The fourth-order valence-electron chi connectivity index (χ4n) is 0.999. The highest BCUT2D eigenvalue weighted by Crippen LogP contribution is 2.07. The van der Waals surface area contributed by atoms with Gasteiger partial charge < -0.3 is 5.32 Å². The van der Waals surface area contributed by atoms with Crippen molar-refractivity contribution >= 4 is 0 Å². The van der Waals surface area contributed by atoms with Crippen LogP contribution in [0.3, 0.4) is 0 Å². The van der Waals surface area contributed by atoms with E-state index in [2.05, 4.69) is 25.1 Å². The molecule has 0 amide bonds. The summed E-state index contributed by atoms with van der Waals surface area (Å²) >= 11 is 0. The first-order chi connectivity index (χ1) is 5.31. The van der Waals surface area contributed by atoms with Gasteiger partial charge in [-0.25, -0.2) is 0 Å². The highest BCUT2D eigenvalue weighted by molar-refractivity contribution is 4.83. The Morgan fingerprint density at radius 2 is 2.18 bits per heavy atom. The zero-order chi connectivity index (χ0) is 8.53. The Labute approximate surface area is 70.6 Å². The van der Waals surface area contributed by atoms with Crippen molar-refractivity contribution in [1.29, 1.82) is 0 Å². The maximum absolute atomic E-state index is 5.17. The molecule has 1 heteroatoms. The molecule has 0 radical (unpaired) electrons. The van der Waals surface area contributed by atoms with Gasteiger partial charge in [0.2, 0.25) is 0 Å². The first-order valence-corrected chi connectivity index (χ1v) is 4.45. The van der Waals surface area contributed by atoms with Gasteiger partial charge in [0.05, 0.1) is 0 Å². The zero-order valence-corrected chi connectivity index (χ0v) is 7.69. The third-order valence-electron chi connectivity index (χ3n) is 1.85. The Morgan fingerprint density at radius 1 is 1.45 bits per heavy atom. The monoisotopic (exact) mass is 153 g/mol. The average molecular weight is 153 g/mol. The highest BCUT2D eigenvalue weighted by atomic mass is 14.8. The molecule has 1 unspecified atom stereocenters. The van der Waals surface area contributed by atoms with Crippen molar-refractivity contribution in [3.63, 3.8) is 0 Å². The fraction of sp³-hybridized carbons (Fsp3) is 0.800. The van der Waals surface area contributed by atoms with E-state index in [-0.39, 0.29) is 0 Å². The first kappa shape index (κ1) is 10.5. The van der Waals surface area contributed by atoms with Gasteiger partial charge >= 0.3 is 0 Å². The highest BCUT2D eigenvalue weighted by Gasteiger charge is 1.98. The molecule has 1 nitrogen and oxygen atoms in total. The number of nitrogens with one attached hydrogen (secondary N) is 1. The van der Waals surface area contributed by atoms with E-state index in [0.29, 0.717) is 0 Å². The van der Waals surface area contributed by atoms with Gasteiger partial charge in [-0.05, 0) is 31.8 Å². The van der Waals surface area contributed by atoms with Crippen LogP contribution >= 0.6 is 0 Å². The molecule has 0 aromatic carbocycles. The Balaban J connectivity index is 3.10. The molecule has 11 heavy (non-hydrogen) atoms. The molecule has 0 aliphatic carbocycles. The molecule has 0 saturated heterocycles. The number of hydrogen-bond acceptors (Lipinski definition) is 1. The van der Waals surface area contributed by atoms with Crippen molar-refractivity contribution in [2.24, 2.45) is 5.92 Å². The molecule has 0 aromatic heterocycles. The Morgan fingerprint density at radius 3 is 2.73 bits per heavy atom. The lowest BCUT2D eigenvalue weighted by atomic mass is 10.0. The van der Waals surface area contributed by atoms with E-state index in [1.807, 2.05) is 0 Å². The summed E-state index contributed by atoms with van der Waals surface area (Å²) in [4.78, 5) is 0. The third-order valence-corrected chi connectivity index (χ3v) is 1.85. The molecule has 0 aliphatic heterocycles. The van der Waals surface area contributed by atoms with Crippen LogP contribution in [0, 0.1) is 18.3 Å². The van der Waals surface area contributed by atoms with Crippen molar-refractivity contribution in [2.75, 3.05) is 13.1 Å². The van der Waals surface area contributed by atoms with Gasteiger partial charge in [-0.15, -0.1) is 12.3 Å². The van der Waals surface area contributed by atoms with Crippen molar-refractivity contribution in [3.8, 4) is 12.3 Å². The van der Waals surface area contributed by atoms with E-state index in [0.717, 1.165) is 25.4 Å². The lowest BCUT2D eigenvalue weighted by molar-refractivity contribution is 0.480. The minimum Gasteiger partial charge on any atom is -0.317 e. The van der Waals surface area contributed by atoms with Crippen LogP contribution in [0.25, 0.3) is 0 Å². The van der Waals surface area contributed by atoms with Crippen molar-refractivity contribution < 1.29 is 0 Å². The van der Waals surface area contributed by atoms with Crippen LogP contribution in [0.5, 0.6) is 0 Å². The molecule has 1 N–H and O–H groups in total. The van der Waals surface area contributed by atoms with Gasteiger partial charge in [-0.2, -0.15) is 0 Å². The van der Waals surface area contributed by atoms with Crippen LogP contribution in [0.4, 0.5) is 0 Å². The van der Waals surface area contributed by atoms with Crippen LogP contribution in [0.15, 0.2) is 0 Å². The van der Waals surface area contributed by atoms with Crippen LogP contribution in [-0.4, -0.2) is 13.1 Å².